The largest absolute Gasteiger partial charge is 0.331 e. The van der Waals surface area contributed by atoms with Crippen LogP contribution in [0.15, 0.2) is 61.1 Å². The molecule has 0 spiro atoms. The van der Waals surface area contributed by atoms with Crippen molar-refractivity contribution in [1.29, 1.82) is 0 Å². The van der Waals surface area contributed by atoms with Gasteiger partial charge in [-0.25, -0.2) is 15.0 Å². The van der Waals surface area contributed by atoms with Gasteiger partial charge in [0.25, 0.3) is 0 Å². The highest BCUT2D eigenvalue weighted by Crippen LogP contribution is 2.21. The van der Waals surface area contributed by atoms with Crippen LogP contribution in [0.25, 0.3) is 0 Å². The highest BCUT2D eigenvalue weighted by atomic mass is 15.1. The molecule has 0 saturated heterocycles. The van der Waals surface area contributed by atoms with Gasteiger partial charge < -0.3 is 4.57 Å². The zero-order valence-corrected chi connectivity index (χ0v) is 19.7. The molecule has 33 heavy (non-hydrogen) atoms. The van der Waals surface area contributed by atoms with Gasteiger partial charge in [-0.2, -0.15) is 0 Å². The smallest absolute Gasteiger partial charge is 0.132 e. The van der Waals surface area contributed by atoms with Crippen molar-refractivity contribution in [2.45, 2.75) is 53.0 Å². The summed E-state index contributed by atoms with van der Waals surface area (Å²) in [4.78, 5) is 13.8. The molecule has 0 atom stereocenters. The van der Waals surface area contributed by atoms with Crippen LogP contribution in [0, 0.1) is 26.2 Å². The number of terminal acetylenes is 1. The van der Waals surface area contributed by atoms with Crippen LogP contribution >= 0.6 is 0 Å². The fraction of sp³-hybridized carbons (Fsp3) is 0.276. The van der Waals surface area contributed by atoms with E-state index in [0.29, 0.717) is 6.42 Å². The fourth-order valence-corrected chi connectivity index (χ4v) is 4.29. The predicted octanol–water partition coefficient (Wildman–Crippen LogP) is 5.45. The van der Waals surface area contributed by atoms with E-state index in [2.05, 4.69) is 59.6 Å². The topological polar surface area (TPSA) is 43.6 Å². The Morgan fingerprint density at radius 1 is 0.909 bits per heavy atom. The van der Waals surface area contributed by atoms with Crippen LogP contribution in [0.1, 0.15) is 64.1 Å². The molecule has 0 bridgehead atoms. The van der Waals surface area contributed by atoms with Crippen LogP contribution < -0.4 is 0 Å². The highest BCUT2D eigenvalue weighted by molar-refractivity contribution is 5.40. The molecule has 2 aromatic heterocycles. The highest BCUT2D eigenvalue weighted by Gasteiger charge is 2.10. The molecule has 0 aliphatic carbocycles. The van der Waals surface area contributed by atoms with Crippen LogP contribution in [-0.2, 0) is 25.8 Å². The van der Waals surface area contributed by atoms with Gasteiger partial charge in [-0.05, 0) is 66.3 Å². The van der Waals surface area contributed by atoms with Crippen LogP contribution in [0.4, 0.5) is 0 Å². The molecule has 2 heterocycles. The average molecular weight is 435 g/mol. The van der Waals surface area contributed by atoms with E-state index in [9.17, 15) is 0 Å². The summed E-state index contributed by atoms with van der Waals surface area (Å²) in [5, 5.41) is 0. The Morgan fingerprint density at radius 3 is 2.36 bits per heavy atom. The third-order valence-electron chi connectivity index (χ3n) is 5.99. The molecule has 0 aliphatic heterocycles. The molecule has 0 unspecified atom stereocenters. The molecule has 0 fully saturated rings. The van der Waals surface area contributed by atoms with E-state index in [1.807, 2.05) is 42.7 Å². The number of hydrogen-bond acceptors (Lipinski definition) is 3. The third kappa shape index (κ3) is 5.56. The summed E-state index contributed by atoms with van der Waals surface area (Å²) in [5.41, 5.74) is 8.32. The van der Waals surface area contributed by atoms with Crippen molar-refractivity contribution >= 4 is 0 Å². The Hall–Kier alpha value is -3.71. The molecule has 0 radical (unpaired) electrons. The number of aromatic nitrogens is 4. The molecule has 4 nitrogen and oxygen atoms in total. The van der Waals surface area contributed by atoms with E-state index in [4.69, 9.17) is 11.4 Å². The Morgan fingerprint density at radius 2 is 1.67 bits per heavy atom. The Kier molecular flexibility index (Phi) is 7.00. The van der Waals surface area contributed by atoms with Crippen molar-refractivity contribution in [3.05, 3.63) is 112 Å². The Balaban J connectivity index is 1.50. The van der Waals surface area contributed by atoms with Gasteiger partial charge in [-0.3, -0.25) is 0 Å². The van der Waals surface area contributed by atoms with Crippen LogP contribution in [0.5, 0.6) is 0 Å². The van der Waals surface area contributed by atoms with Crippen molar-refractivity contribution in [3.8, 4) is 12.3 Å². The summed E-state index contributed by atoms with van der Waals surface area (Å²) in [6.45, 7) is 7.44. The molecule has 0 N–H and O–H groups in total. The van der Waals surface area contributed by atoms with Gasteiger partial charge >= 0.3 is 0 Å². The summed E-state index contributed by atoms with van der Waals surface area (Å²) in [7, 11) is 0. The molecule has 0 saturated carbocycles. The SMILES string of the molecule is C#Cc1ccc(Cc2nccc(Cc3c(C)cc(Cn4ccnc4CCC)cc3C)n2)cc1. The summed E-state index contributed by atoms with van der Waals surface area (Å²) in [5.74, 6) is 4.64. The van der Waals surface area contributed by atoms with Gasteiger partial charge in [-0.1, -0.05) is 37.1 Å². The predicted molar refractivity (Wildman–Crippen MR) is 133 cm³/mol. The molecule has 2 aromatic carbocycles. The lowest BCUT2D eigenvalue weighted by atomic mass is 9.95. The molecular formula is C29H30N4. The first-order valence-electron chi connectivity index (χ1n) is 11.5. The summed E-state index contributed by atoms with van der Waals surface area (Å²) in [6, 6.07) is 14.6. The lowest BCUT2D eigenvalue weighted by Gasteiger charge is -2.14. The maximum atomic E-state index is 5.45. The van der Waals surface area contributed by atoms with Crippen molar-refractivity contribution in [2.75, 3.05) is 0 Å². The molecule has 0 aliphatic rings. The first-order chi connectivity index (χ1) is 16.1. The second-order valence-electron chi connectivity index (χ2n) is 8.59. The van der Waals surface area contributed by atoms with Crippen molar-refractivity contribution in [1.82, 2.24) is 19.5 Å². The van der Waals surface area contributed by atoms with Crippen LogP contribution in [0.3, 0.4) is 0 Å². The van der Waals surface area contributed by atoms with Gasteiger partial charge in [0, 0.05) is 55.7 Å². The summed E-state index contributed by atoms with van der Waals surface area (Å²) < 4.78 is 2.25. The van der Waals surface area contributed by atoms with Gasteiger partial charge in [-0.15, -0.1) is 6.42 Å². The number of imidazole rings is 1. The quantitative estimate of drug-likeness (QED) is 0.346. The normalized spacial score (nSPS) is 10.8. The van der Waals surface area contributed by atoms with Crippen molar-refractivity contribution in [2.24, 2.45) is 0 Å². The van der Waals surface area contributed by atoms with E-state index >= 15 is 0 Å². The maximum Gasteiger partial charge on any atom is 0.132 e. The minimum Gasteiger partial charge on any atom is -0.331 e. The van der Waals surface area contributed by atoms with Gasteiger partial charge in [0.1, 0.15) is 11.6 Å². The van der Waals surface area contributed by atoms with Crippen molar-refractivity contribution in [3.63, 3.8) is 0 Å². The van der Waals surface area contributed by atoms with Crippen LogP contribution in [0.2, 0.25) is 0 Å². The minimum absolute atomic E-state index is 0.695. The first-order valence-corrected chi connectivity index (χ1v) is 11.5. The van der Waals surface area contributed by atoms with E-state index in [-0.39, 0.29) is 0 Å². The number of hydrogen-bond donors (Lipinski definition) is 0. The summed E-state index contributed by atoms with van der Waals surface area (Å²) >= 11 is 0. The Bertz CT molecular complexity index is 1250. The van der Waals surface area contributed by atoms with E-state index < -0.39 is 0 Å². The zero-order chi connectivity index (χ0) is 23.2. The molecule has 4 aromatic rings. The van der Waals surface area contributed by atoms with Gasteiger partial charge in [0.05, 0.1) is 0 Å². The Labute approximate surface area is 196 Å². The second kappa shape index (κ2) is 10.3. The monoisotopic (exact) mass is 434 g/mol. The van der Waals surface area contributed by atoms with Crippen LogP contribution in [-0.4, -0.2) is 19.5 Å². The summed E-state index contributed by atoms with van der Waals surface area (Å²) in [6.07, 6.45) is 14.9. The van der Waals surface area contributed by atoms with Gasteiger partial charge in [0.2, 0.25) is 0 Å². The van der Waals surface area contributed by atoms with E-state index in [1.54, 1.807) is 0 Å². The van der Waals surface area contributed by atoms with E-state index in [1.165, 1.54) is 22.3 Å². The molecule has 4 rings (SSSR count). The molecular weight excluding hydrogens is 404 g/mol. The van der Waals surface area contributed by atoms with E-state index in [0.717, 1.165) is 54.3 Å². The minimum atomic E-state index is 0.695. The number of benzene rings is 2. The van der Waals surface area contributed by atoms with Gasteiger partial charge in [0.15, 0.2) is 0 Å². The standard InChI is InChI=1S/C29H30N4/c1-5-7-29-31-14-15-33(29)20-25-16-21(3)27(22(4)17-25)19-26-12-13-30-28(32-26)18-24-10-8-23(6-2)9-11-24/h2,8-17H,5,7,18-20H2,1,3-4H3. The fourth-order valence-electron chi connectivity index (χ4n) is 4.29. The number of aryl methyl sites for hydroxylation is 3. The average Bonchev–Trinajstić information content (AvgIpc) is 3.24. The first kappa shape index (κ1) is 22.5. The number of rotatable bonds is 8. The lowest BCUT2D eigenvalue weighted by Crippen LogP contribution is -2.07. The third-order valence-corrected chi connectivity index (χ3v) is 5.99. The maximum absolute atomic E-state index is 5.45. The molecule has 166 valence electrons. The zero-order valence-electron chi connectivity index (χ0n) is 19.7. The van der Waals surface area contributed by atoms with Crippen molar-refractivity contribution < 1.29 is 0 Å². The molecule has 0 amide bonds. The lowest BCUT2D eigenvalue weighted by molar-refractivity contribution is 0.704. The number of nitrogens with zero attached hydrogens (tertiary/aromatic N) is 4. The second-order valence-corrected chi connectivity index (χ2v) is 8.59. The molecule has 4 heteroatoms.